The van der Waals surface area contributed by atoms with E-state index in [4.69, 9.17) is 0 Å². The highest BCUT2D eigenvalue weighted by atomic mass is 16.6. The first-order valence-corrected chi connectivity index (χ1v) is 13.8. The molecule has 0 aliphatic rings. The molecule has 42 heavy (non-hydrogen) atoms. The molecule has 0 atom stereocenters. The number of non-ortho nitro benzene ring substituents is 1. The number of nitro groups is 1. The lowest BCUT2D eigenvalue weighted by Gasteiger charge is -2.27. The first-order chi connectivity index (χ1) is 20.6. The second kappa shape index (κ2) is 11.8. The molecule has 0 saturated carbocycles. The maximum absolute atomic E-state index is 11.1. The summed E-state index contributed by atoms with van der Waals surface area (Å²) in [4.78, 5) is 15.0. The quantitative estimate of drug-likeness (QED) is 0.140. The lowest BCUT2D eigenvalue weighted by Crippen LogP contribution is -2.12. The molecule has 0 aromatic heterocycles. The highest BCUT2D eigenvalue weighted by Crippen LogP contribution is 2.39. The van der Waals surface area contributed by atoms with Crippen molar-refractivity contribution in [3.63, 3.8) is 0 Å². The van der Waals surface area contributed by atoms with E-state index in [1.807, 2.05) is 24.1 Å². The van der Waals surface area contributed by atoms with Crippen molar-refractivity contribution < 1.29 is 4.92 Å². The Morgan fingerprint density at radius 3 is 1.31 bits per heavy atom. The molecule has 0 aliphatic heterocycles. The third-order valence-electron chi connectivity index (χ3n) is 7.37. The van der Waals surface area contributed by atoms with Crippen LogP contribution in [0, 0.1) is 10.1 Å². The smallest absolute Gasteiger partial charge is 0.269 e. The average molecular weight is 548 g/mol. The largest absolute Gasteiger partial charge is 0.345 e. The second-order valence-corrected chi connectivity index (χ2v) is 10.0. The molecule has 0 heterocycles. The number of benzene rings is 6. The van der Waals surface area contributed by atoms with E-state index in [1.54, 1.807) is 12.1 Å². The summed E-state index contributed by atoms with van der Waals surface area (Å²) in [5, 5.41) is 11.1. The molecule has 0 amide bonds. The normalized spacial score (nSPS) is 10.7. The lowest BCUT2D eigenvalue weighted by molar-refractivity contribution is -0.384. The monoisotopic (exact) mass is 547 g/mol. The molecule has 6 aromatic carbocycles. The summed E-state index contributed by atoms with van der Waals surface area (Å²) < 4.78 is 0. The van der Waals surface area contributed by atoms with Crippen LogP contribution in [0.25, 0.3) is 22.3 Å². The highest BCUT2D eigenvalue weighted by Gasteiger charge is 2.16. The molecule has 0 fully saturated rings. The van der Waals surface area contributed by atoms with Gasteiger partial charge < -0.3 is 9.80 Å². The van der Waals surface area contributed by atoms with Crippen molar-refractivity contribution in [1.29, 1.82) is 0 Å². The predicted octanol–water partition coefficient (Wildman–Crippen LogP) is 10.2. The standard InChI is InChI=1S/C37H29N3O2/c1-38(33-20-24-35(25-21-33)40(41)42)32-18-22-34(23-19-32)39(36-16-8-14-30(26-36)28-10-4-2-5-11-28)37-17-9-15-31(27-37)29-12-6-3-7-13-29/h2-27H,1H3. The zero-order chi connectivity index (χ0) is 28.9. The highest BCUT2D eigenvalue weighted by molar-refractivity contribution is 5.83. The zero-order valence-corrected chi connectivity index (χ0v) is 23.2. The molecule has 0 spiro atoms. The Bertz CT molecular complexity index is 1720. The van der Waals surface area contributed by atoms with Crippen LogP contribution >= 0.6 is 0 Å². The van der Waals surface area contributed by atoms with Crippen LogP contribution in [0.2, 0.25) is 0 Å². The fourth-order valence-electron chi connectivity index (χ4n) is 5.13. The lowest BCUT2D eigenvalue weighted by atomic mass is 10.0. The third-order valence-corrected chi connectivity index (χ3v) is 7.37. The second-order valence-electron chi connectivity index (χ2n) is 10.0. The molecule has 0 unspecified atom stereocenters. The van der Waals surface area contributed by atoms with Crippen LogP contribution in [0.1, 0.15) is 0 Å². The molecule has 0 saturated heterocycles. The van der Waals surface area contributed by atoms with Gasteiger partial charge in [0, 0.05) is 47.6 Å². The van der Waals surface area contributed by atoms with E-state index in [-0.39, 0.29) is 10.6 Å². The average Bonchev–Trinajstić information content (AvgIpc) is 3.06. The SMILES string of the molecule is CN(c1ccc(N(c2cccc(-c3ccccc3)c2)c2cccc(-c3ccccc3)c2)cc1)c1ccc([N+](=O)[O-])cc1. The summed E-state index contributed by atoms with van der Waals surface area (Å²) in [6.45, 7) is 0. The Kier molecular flexibility index (Phi) is 7.47. The number of hydrogen-bond acceptors (Lipinski definition) is 4. The summed E-state index contributed by atoms with van der Waals surface area (Å²) in [5.74, 6) is 0. The van der Waals surface area contributed by atoms with Gasteiger partial charge in [-0.1, -0.05) is 84.9 Å². The van der Waals surface area contributed by atoms with Crippen molar-refractivity contribution in [3.8, 4) is 22.3 Å². The Morgan fingerprint density at radius 1 is 0.452 bits per heavy atom. The number of nitrogens with zero attached hydrogens (tertiary/aromatic N) is 3. The van der Waals surface area contributed by atoms with Crippen LogP contribution < -0.4 is 9.80 Å². The van der Waals surface area contributed by atoms with Crippen molar-refractivity contribution in [2.75, 3.05) is 16.8 Å². The van der Waals surface area contributed by atoms with E-state index in [1.165, 1.54) is 12.1 Å². The molecule has 6 aromatic rings. The molecule has 5 nitrogen and oxygen atoms in total. The summed E-state index contributed by atoms with van der Waals surface area (Å²) in [7, 11) is 1.96. The van der Waals surface area contributed by atoms with Crippen LogP contribution in [0.4, 0.5) is 34.1 Å². The van der Waals surface area contributed by atoms with Crippen LogP contribution in [-0.2, 0) is 0 Å². The van der Waals surface area contributed by atoms with Gasteiger partial charge in [-0.2, -0.15) is 0 Å². The fourth-order valence-corrected chi connectivity index (χ4v) is 5.13. The van der Waals surface area contributed by atoms with Gasteiger partial charge in [-0.05, 0) is 82.9 Å². The Morgan fingerprint density at radius 2 is 0.857 bits per heavy atom. The first kappa shape index (κ1) is 26.5. The minimum Gasteiger partial charge on any atom is -0.345 e. The molecule has 0 radical (unpaired) electrons. The molecule has 5 heteroatoms. The van der Waals surface area contributed by atoms with E-state index >= 15 is 0 Å². The minimum atomic E-state index is -0.382. The Hall–Kier alpha value is -5.68. The van der Waals surface area contributed by atoms with Crippen molar-refractivity contribution in [2.24, 2.45) is 0 Å². The third kappa shape index (κ3) is 5.62. The molecular weight excluding hydrogens is 518 g/mol. The molecule has 204 valence electrons. The van der Waals surface area contributed by atoms with Gasteiger partial charge in [-0.15, -0.1) is 0 Å². The van der Waals surface area contributed by atoms with E-state index < -0.39 is 0 Å². The summed E-state index contributed by atoms with van der Waals surface area (Å²) >= 11 is 0. The van der Waals surface area contributed by atoms with E-state index in [9.17, 15) is 10.1 Å². The van der Waals surface area contributed by atoms with E-state index in [2.05, 4.69) is 126 Å². The van der Waals surface area contributed by atoms with Gasteiger partial charge in [-0.3, -0.25) is 10.1 Å². The van der Waals surface area contributed by atoms with Gasteiger partial charge in [0.25, 0.3) is 5.69 Å². The molecule has 0 bridgehead atoms. The maximum Gasteiger partial charge on any atom is 0.269 e. The fraction of sp³-hybridized carbons (Fsp3) is 0.0270. The van der Waals surface area contributed by atoms with Crippen molar-refractivity contribution in [1.82, 2.24) is 0 Å². The van der Waals surface area contributed by atoms with Crippen LogP contribution in [-0.4, -0.2) is 12.0 Å². The summed E-state index contributed by atoms with van der Waals surface area (Å²) in [6.07, 6.45) is 0. The summed E-state index contributed by atoms with van der Waals surface area (Å²) in [5.41, 5.74) is 9.67. The minimum absolute atomic E-state index is 0.0774. The van der Waals surface area contributed by atoms with Gasteiger partial charge >= 0.3 is 0 Å². The Labute approximate surface area is 245 Å². The predicted molar refractivity (Wildman–Crippen MR) is 173 cm³/mol. The van der Waals surface area contributed by atoms with Gasteiger partial charge in [0.05, 0.1) is 4.92 Å². The van der Waals surface area contributed by atoms with Crippen molar-refractivity contribution in [2.45, 2.75) is 0 Å². The number of nitro benzene ring substituents is 1. The topological polar surface area (TPSA) is 49.6 Å². The van der Waals surface area contributed by atoms with Gasteiger partial charge in [0.2, 0.25) is 0 Å². The van der Waals surface area contributed by atoms with Crippen LogP contribution in [0.3, 0.4) is 0 Å². The van der Waals surface area contributed by atoms with Crippen LogP contribution in [0.5, 0.6) is 0 Å². The van der Waals surface area contributed by atoms with E-state index in [0.717, 1.165) is 50.7 Å². The number of anilines is 5. The Balaban J connectivity index is 1.40. The van der Waals surface area contributed by atoms with Crippen molar-refractivity contribution in [3.05, 3.63) is 168 Å². The molecule has 6 rings (SSSR count). The number of rotatable bonds is 8. The molecule has 0 N–H and O–H groups in total. The van der Waals surface area contributed by atoms with Crippen LogP contribution in [0.15, 0.2) is 158 Å². The molecule has 0 aliphatic carbocycles. The van der Waals surface area contributed by atoms with Crippen molar-refractivity contribution >= 4 is 34.1 Å². The number of hydrogen-bond donors (Lipinski definition) is 0. The van der Waals surface area contributed by atoms with Gasteiger partial charge in [0.15, 0.2) is 0 Å². The molecular formula is C37H29N3O2. The van der Waals surface area contributed by atoms with Gasteiger partial charge in [0.1, 0.15) is 0 Å². The maximum atomic E-state index is 11.1. The summed E-state index contributed by atoms with van der Waals surface area (Å²) in [6, 6.07) is 53.0. The van der Waals surface area contributed by atoms with E-state index in [0.29, 0.717) is 0 Å². The van der Waals surface area contributed by atoms with Gasteiger partial charge in [-0.25, -0.2) is 0 Å². The zero-order valence-electron chi connectivity index (χ0n) is 23.2. The first-order valence-electron chi connectivity index (χ1n) is 13.8.